The molecule has 1 amide bonds. The van der Waals surface area contributed by atoms with E-state index in [1.165, 1.54) is 10.9 Å². The van der Waals surface area contributed by atoms with Crippen LogP contribution >= 0.6 is 0 Å². The number of fused-ring (bicyclic) bond motifs is 2. The van der Waals surface area contributed by atoms with E-state index in [-0.39, 0.29) is 24.6 Å². The van der Waals surface area contributed by atoms with E-state index in [9.17, 15) is 14.4 Å². The molecule has 7 nitrogen and oxygen atoms in total. The SMILES string of the molecule is Cc1cccc2c(=O)n(CC(=O)OCC(=O)N3CCCc4ccccc43)cnc12. The number of hydrogen-bond acceptors (Lipinski definition) is 5. The molecule has 0 unspecified atom stereocenters. The van der Waals surface area contributed by atoms with Gasteiger partial charge in [-0.05, 0) is 43.0 Å². The van der Waals surface area contributed by atoms with E-state index < -0.39 is 5.97 Å². The van der Waals surface area contributed by atoms with E-state index in [2.05, 4.69) is 4.98 Å². The highest BCUT2D eigenvalue weighted by atomic mass is 16.5. The van der Waals surface area contributed by atoms with Gasteiger partial charge in [-0.15, -0.1) is 0 Å². The van der Waals surface area contributed by atoms with E-state index >= 15 is 0 Å². The molecule has 1 aliphatic heterocycles. The summed E-state index contributed by atoms with van der Waals surface area (Å²) in [6.45, 7) is 1.82. The highest BCUT2D eigenvalue weighted by Gasteiger charge is 2.23. The summed E-state index contributed by atoms with van der Waals surface area (Å²) in [7, 11) is 0. The highest BCUT2D eigenvalue weighted by Crippen LogP contribution is 2.26. The number of hydrogen-bond donors (Lipinski definition) is 0. The summed E-state index contributed by atoms with van der Waals surface area (Å²) in [6, 6.07) is 13.1. The topological polar surface area (TPSA) is 81.5 Å². The second-order valence-electron chi connectivity index (χ2n) is 7.09. The Bertz CT molecular complexity index is 1150. The van der Waals surface area contributed by atoms with E-state index in [0.29, 0.717) is 17.4 Å². The van der Waals surface area contributed by atoms with Crippen LogP contribution < -0.4 is 10.5 Å². The zero-order valence-electron chi connectivity index (χ0n) is 16.1. The molecule has 0 aliphatic carbocycles. The molecule has 2 heterocycles. The van der Waals surface area contributed by atoms with Gasteiger partial charge in [0, 0.05) is 12.2 Å². The lowest BCUT2D eigenvalue weighted by Crippen LogP contribution is -2.38. The lowest BCUT2D eigenvalue weighted by Gasteiger charge is -2.29. The van der Waals surface area contributed by atoms with E-state index in [1.807, 2.05) is 37.3 Å². The molecule has 7 heteroatoms. The second kappa shape index (κ2) is 7.87. The molecule has 0 fully saturated rings. The van der Waals surface area contributed by atoms with Crippen LogP contribution in [0.3, 0.4) is 0 Å². The van der Waals surface area contributed by atoms with Crippen LogP contribution in [0.2, 0.25) is 0 Å². The van der Waals surface area contributed by atoms with Gasteiger partial charge in [0.15, 0.2) is 6.61 Å². The molecule has 0 atom stereocenters. The number of esters is 1. The van der Waals surface area contributed by atoms with Crippen molar-refractivity contribution in [3.63, 3.8) is 0 Å². The molecule has 29 heavy (non-hydrogen) atoms. The third-order valence-corrected chi connectivity index (χ3v) is 5.12. The van der Waals surface area contributed by atoms with Gasteiger partial charge in [-0.1, -0.05) is 30.3 Å². The van der Waals surface area contributed by atoms with Gasteiger partial charge in [0.25, 0.3) is 11.5 Å². The fourth-order valence-corrected chi connectivity index (χ4v) is 3.65. The molecule has 0 N–H and O–H groups in total. The first-order valence-corrected chi connectivity index (χ1v) is 9.53. The average molecular weight is 391 g/mol. The number of rotatable bonds is 4. The highest BCUT2D eigenvalue weighted by molar-refractivity contribution is 5.96. The van der Waals surface area contributed by atoms with Crippen molar-refractivity contribution in [3.05, 3.63) is 70.3 Å². The van der Waals surface area contributed by atoms with E-state index in [0.717, 1.165) is 29.7 Å². The number of aromatic nitrogens is 2. The van der Waals surface area contributed by atoms with Crippen LogP contribution in [0.4, 0.5) is 5.69 Å². The second-order valence-corrected chi connectivity index (χ2v) is 7.09. The number of amides is 1. The molecule has 1 aliphatic rings. The van der Waals surface area contributed by atoms with Gasteiger partial charge in [0.05, 0.1) is 17.2 Å². The maximum Gasteiger partial charge on any atom is 0.326 e. The zero-order chi connectivity index (χ0) is 20.4. The predicted octanol–water partition coefficient (Wildman–Crippen LogP) is 2.23. The molecular weight excluding hydrogens is 370 g/mol. The largest absolute Gasteiger partial charge is 0.454 e. The molecule has 0 saturated heterocycles. The summed E-state index contributed by atoms with van der Waals surface area (Å²) in [5.41, 5.74) is 3.17. The minimum atomic E-state index is -0.653. The molecule has 1 aromatic heterocycles. The molecule has 2 aromatic carbocycles. The van der Waals surface area contributed by atoms with Gasteiger partial charge in [-0.2, -0.15) is 0 Å². The first kappa shape index (κ1) is 18.9. The summed E-state index contributed by atoms with van der Waals surface area (Å²) in [4.78, 5) is 43.3. The number of carbonyl (C=O) groups is 2. The Morgan fingerprint density at radius 1 is 1.14 bits per heavy atom. The van der Waals surface area contributed by atoms with Crippen LogP contribution in [0.5, 0.6) is 0 Å². The number of carbonyl (C=O) groups excluding carboxylic acids is 2. The first-order valence-electron chi connectivity index (χ1n) is 9.53. The molecule has 3 aromatic rings. The molecule has 0 bridgehead atoms. The quantitative estimate of drug-likeness (QED) is 0.637. The monoisotopic (exact) mass is 391 g/mol. The van der Waals surface area contributed by atoms with Gasteiger partial charge in [-0.25, -0.2) is 4.98 Å². The molecule has 0 saturated carbocycles. The lowest BCUT2D eigenvalue weighted by atomic mass is 10.0. The van der Waals surface area contributed by atoms with Crippen molar-refractivity contribution in [2.75, 3.05) is 18.1 Å². The number of anilines is 1. The van der Waals surface area contributed by atoms with Crippen molar-refractivity contribution in [2.24, 2.45) is 0 Å². The Hall–Kier alpha value is -3.48. The number of para-hydroxylation sites is 2. The number of ether oxygens (including phenoxy) is 1. The summed E-state index contributed by atoms with van der Waals surface area (Å²) in [5.74, 6) is -0.926. The van der Waals surface area contributed by atoms with Crippen LogP contribution in [0.1, 0.15) is 17.5 Å². The van der Waals surface area contributed by atoms with Crippen molar-refractivity contribution < 1.29 is 14.3 Å². The summed E-state index contributed by atoms with van der Waals surface area (Å²) in [5, 5.41) is 0.446. The molecule has 148 valence electrons. The van der Waals surface area contributed by atoms with Crippen LogP contribution in [0, 0.1) is 6.92 Å². The Morgan fingerprint density at radius 2 is 1.97 bits per heavy atom. The smallest absolute Gasteiger partial charge is 0.326 e. The zero-order valence-corrected chi connectivity index (χ0v) is 16.1. The predicted molar refractivity (Wildman–Crippen MR) is 109 cm³/mol. The minimum absolute atomic E-state index is 0.273. The molecule has 0 radical (unpaired) electrons. The Labute approximate surface area is 167 Å². The third-order valence-electron chi connectivity index (χ3n) is 5.12. The van der Waals surface area contributed by atoms with Crippen molar-refractivity contribution >= 4 is 28.5 Å². The Balaban J connectivity index is 1.42. The van der Waals surface area contributed by atoms with Crippen molar-refractivity contribution in [1.29, 1.82) is 0 Å². The molecule has 4 rings (SSSR count). The third kappa shape index (κ3) is 3.76. The van der Waals surface area contributed by atoms with Gasteiger partial charge in [-0.3, -0.25) is 19.0 Å². The average Bonchev–Trinajstić information content (AvgIpc) is 2.74. The van der Waals surface area contributed by atoms with Crippen molar-refractivity contribution in [1.82, 2.24) is 9.55 Å². The Morgan fingerprint density at radius 3 is 2.83 bits per heavy atom. The maximum atomic E-state index is 12.6. The standard InChI is InChI=1S/C22H21N3O4/c1-15-6-4-9-17-21(15)23-14-24(22(17)28)12-20(27)29-13-19(26)25-11-5-8-16-7-2-3-10-18(16)25/h2-4,6-7,9-10,14H,5,8,11-13H2,1H3. The number of aryl methyl sites for hydroxylation is 2. The van der Waals surface area contributed by atoms with Crippen molar-refractivity contribution in [3.8, 4) is 0 Å². The van der Waals surface area contributed by atoms with Crippen LogP contribution in [-0.2, 0) is 27.3 Å². The Kier molecular flexibility index (Phi) is 5.12. The summed E-state index contributed by atoms with van der Waals surface area (Å²) < 4.78 is 6.35. The van der Waals surface area contributed by atoms with E-state index in [4.69, 9.17) is 4.74 Å². The summed E-state index contributed by atoms with van der Waals surface area (Å²) >= 11 is 0. The maximum absolute atomic E-state index is 12.6. The number of benzene rings is 2. The van der Waals surface area contributed by atoms with E-state index in [1.54, 1.807) is 17.0 Å². The summed E-state index contributed by atoms with van der Waals surface area (Å²) in [6.07, 6.45) is 3.13. The normalized spacial score (nSPS) is 13.2. The fraction of sp³-hybridized carbons (Fsp3) is 0.273. The van der Waals surface area contributed by atoms with Crippen LogP contribution in [0.25, 0.3) is 10.9 Å². The fourth-order valence-electron chi connectivity index (χ4n) is 3.65. The lowest BCUT2D eigenvalue weighted by molar-refractivity contribution is -0.148. The minimum Gasteiger partial charge on any atom is -0.454 e. The van der Waals surface area contributed by atoms with Crippen LogP contribution in [-0.4, -0.2) is 34.6 Å². The number of nitrogens with zero attached hydrogens (tertiary/aromatic N) is 3. The first-order chi connectivity index (χ1) is 14.0. The van der Waals surface area contributed by atoms with Gasteiger partial charge >= 0.3 is 5.97 Å². The molecule has 0 spiro atoms. The van der Waals surface area contributed by atoms with Crippen LogP contribution in [0.15, 0.2) is 53.6 Å². The van der Waals surface area contributed by atoms with Crippen molar-refractivity contribution in [2.45, 2.75) is 26.3 Å². The van der Waals surface area contributed by atoms with Gasteiger partial charge < -0.3 is 9.64 Å². The van der Waals surface area contributed by atoms with Gasteiger partial charge in [0.1, 0.15) is 6.54 Å². The molecular formula is C22H21N3O4. The van der Waals surface area contributed by atoms with Gasteiger partial charge in [0.2, 0.25) is 0 Å².